The lowest BCUT2D eigenvalue weighted by Crippen LogP contribution is -2.01. The van der Waals surface area contributed by atoms with E-state index in [9.17, 15) is 0 Å². The third-order valence-corrected chi connectivity index (χ3v) is 2.00. The van der Waals surface area contributed by atoms with Gasteiger partial charge in [-0.1, -0.05) is 19.1 Å². The third kappa shape index (κ3) is 0.783. The van der Waals surface area contributed by atoms with Crippen LogP contribution in [0.5, 0.6) is 0 Å². The molecule has 1 N–H and O–H groups in total. The minimum Gasteiger partial charge on any atom is -0.364 e. The second-order valence-electron chi connectivity index (χ2n) is 2.95. The van der Waals surface area contributed by atoms with Gasteiger partial charge in [-0.15, -0.1) is 0 Å². The molecule has 0 bridgehead atoms. The number of aromatic amines is 1. The predicted molar refractivity (Wildman–Crippen MR) is 42.7 cm³/mol. The highest BCUT2D eigenvalue weighted by Gasteiger charge is 2.09. The smallest absolute Gasteiger partial charge is 0.0226 e. The monoisotopic (exact) mass is 133 g/mol. The number of nitrogens with one attached hydrogen (secondary N) is 1. The zero-order valence-corrected chi connectivity index (χ0v) is 6.09. The van der Waals surface area contributed by atoms with Crippen molar-refractivity contribution in [2.45, 2.75) is 13.3 Å². The zero-order valence-electron chi connectivity index (χ0n) is 6.09. The van der Waals surface area contributed by atoms with Crippen LogP contribution in [-0.2, 0) is 6.42 Å². The van der Waals surface area contributed by atoms with Crippen LogP contribution in [0.3, 0.4) is 0 Å². The third-order valence-electron chi connectivity index (χ3n) is 2.00. The van der Waals surface area contributed by atoms with Crippen molar-refractivity contribution in [3.05, 3.63) is 29.6 Å². The minimum atomic E-state index is 0.700. The Labute approximate surface area is 60.8 Å². The molecule has 0 fully saturated rings. The second kappa shape index (κ2) is 2.01. The molecule has 52 valence electrons. The van der Waals surface area contributed by atoms with Crippen molar-refractivity contribution in [1.82, 2.24) is 4.98 Å². The van der Waals surface area contributed by atoms with Crippen LogP contribution in [0.15, 0.2) is 18.3 Å². The summed E-state index contributed by atoms with van der Waals surface area (Å²) in [6.07, 6.45) is 7.63. The summed E-state index contributed by atoms with van der Waals surface area (Å²) in [6.45, 7) is 2.24. The van der Waals surface area contributed by atoms with Crippen LogP contribution in [0, 0.1) is 5.92 Å². The number of hydrogen-bond donors (Lipinski definition) is 1. The fraction of sp³-hybridized carbons (Fsp3) is 0.333. The van der Waals surface area contributed by atoms with Gasteiger partial charge in [0.05, 0.1) is 0 Å². The van der Waals surface area contributed by atoms with Crippen molar-refractivity contribution in [2.24, 2.45) is 5.92 Å². The molecule has 0 radical (unpaired) electrons. The number of rotatable bonds is 0. The van der Waals surface area contributed by atoms with Gasteiger partial charge in [0.1, 0.15) is 0 Å². The van der Waals surface area contributed by atoms with Gasteiger partial charge in [-0.05, 0) is 24.0 Å². The maximum Gasteiger partial charge on any atom is 0.0226 e. The van der Waals surface area contributed by atoms with Gasteiger partial charge in [0.25, 0.3) is 0 Å². The van der Waals surface area contributed by atoms with Crippen molar-refractivity contribution < 1.29 is 0 Å². The molecular formula is C9H11N. The molecule has 0 amide bonds. The number of aromatic nitrogens is 1. The molecule has 2 rings (SSSR count). The van der Waals surface area contributed by atoms with Crippen LogP contribution in [0.4, 0.5) is 0 Å². The van der Waals surface area contributed by atoms with E-state index < -0.39 is 0 Å². The van der Waals surface area contributed by atoms with Crippen molar-refractivity contribution in [1.29, 1.82) is 0 Å². The van der Waals surface area contributed by atoms with E-state index in [1.807, 2.05) is 6.20 Å². The molecule has 1 heteroatoms. The molecule has 1 aliphatic carbocycles. The Bertz CT molecular complexity index is 257. The fourth-order valence-electron chi connectivity index (χ4n) is 1.41. The molecule has 1 aliphatic rings. The average molecular weight is 133 g/mol. The quantitative estimate of drug-likeness (QED) is 0.558. The lowest BCUT2D eigenvalue weighted by atomic mass is 9.97. The van der Waals surface area contributed by atoms with E-state index in [1.54, 1.807) is 0 Å². The van der Waals surface area contributed by atoms with E-state index in [1.165, 1.54) is 17.7 Å². The van der Waals surface area contributed by atoms with Crippen LogP contribution >= 0.6 is 0 Å². The summed E-state index contributed by atoms with van der Waals surface area (Å²) in [5.74, 6) is 0.700. The van der Waals surface area contributed by atoms with E-state index in [-0.39, 0.29) is 0 Å². The Balaban J connectivity index is 2.43. The van der Waals surface area contributed by atoms with E-state index in [0.717, 1.165) is 0 Å². The Kier molecular flexibility index (Phi) is 1.16. The molecule has 0 unspecified atom stereocenters. The minimum absolute atomic E-state index is 0.700. The second-order valence-corrected chi connectivity index (χ2v) is 2.95. The molecule has 0 saturated heterocycles. The highest BCUT2D eigenvalue weighted by atomic mass is 14.7. The number of hydrogen-bond acceptors (Lipinski definition) is 0. The normalized spacial score (nSPS) is 22.7. The summed E-state index contributed by atoms with van der Waals surface area (Å²) in [5.41, 5.74) is 2.74. The molecule has 0 aromatic carbocycles. The molecule has 1 aromatic heterocycles. The van der Waals surface area contributed by atoms with Crippen LogP contribution in [0.25, 0.3) is 6.08 Å². The highest BCUT2D eigenvalue weighted by molar-refractivity contribution is 5.54. The molecule has 1 aromatic rings. The van der Waals surface area contributed by atoms with Crippen LogP contribution in [-0.4, -0.2) is 4.98 Å². The lowest BCUT2D eigenvalue weighted by molar-refractivity contribution is 0.704. The van der Waals surface area contributed by atoms with Gasteiger partial charge >= 0.3 is 0 Å². The topological polar surface area (TPSA) is 15.8 Å². The molecule has 1 nitrogen and oxygen atoms in total. The van der Waals surface area contributed by atoms with Crippen molar-refractivity contribution in [2.75, 3.05) is 0 Å². The standard InChI is InChI=1S/C9H11N/c1-7-2-3-8-4-5-10-9(8)6-7/h2-5,7,10H,6H2,1H3/t7-/m1/s1. The van der Waals surface area contributed by atoms with Gasteiger partial charge in [-0.25, -0.2) is 0 Å². The van der Waals surface area contributed by atoms with E-state index >= 15 is 0 Å². The Hall–Kier alpha value is -0.980. The fourth-order valence-corrected chi connectivity index (χ4v) is 1.41. The molecule has 0 aliphatic heterocycles. The summed E-state index contributed by atoms with van der Waals surface area (Å²) in [5, 5.41) is 0. The van der Waals surface area contributed by atoms with Crippen LogP contribution < -0.4 is 0 Å². The van der Waals surface area contributed by atoms with Gasteiger partial charge in [-0.3, -0.25) is 0 Å². The first-order valence-corrected chi connectivity index (χ1v) is 3.71. The van der Waals surface area contributed by atoms with Crippen molar-refractivity contribution >= 4 is 6.08 Å². The lowest BCUT2D eigenvalue weighted by Gasteiger charge is -2.10. The van der Waals surface area contributed by atoms with Gasteiger partial charge in [0.15, 0.2) is 0 Å². The molecule has 1 heterocycles. The highest BCUT2D eigenvalue weighted by Crippen LogP contribution is 2.20. The molecule has 0 spiro atoms. The first-order valence-electron chi connectivity index (χ1n) is 3.71. The number of fused-ring (bicyclic) bond motifs is 1. The summed E-state index contributed by atoms with van der Waals surface area (Å²) < 4.78 is 0. The molecule has 1 atom stereocenters. The van der Waals surface area contributed by atoms with Gasteiger partial charge in [-0.2, -0.15) is 0 Å². The summed E-state index contributed by atoms with van der Waals surface area (Å²) >= 11 is 0. The predicted octanol–water partition coefficient (Wildman–Crippen LogP) is 2.22. The number of allylic oxidation sites excluding steroid dienone is 1. The van der Waals surface area contributed by atoms with Crippen LogP contribution in [0.2, 0.25) is 0 Å². The van der Waals surface area contributed by atoms with Gasteiger partial charge in [0, 0.05) is 11.9 Å². The maximum absolute atomic E-state index is 3.24. The SMILES string of the molecule is C[C@@H]1C=Cc2cc[nH]c2C1. The van der Waals surface area contributed by atoms with Crippen molar-refractivity contribution in [3.63, 3.8) is 0 Å². The molecule has 10 heavy (non-hydrogen) atoms. The van der Waals surface area contributed by atoms with Gasteiger partial charge in [0.2, 0.25) is 0 Å². The average Bonchev–Trinajstić information content (AvgIpc) is 2.33. The summed E-state index contributed by atoms with van der Waals surface area (Å²) in [6, 6.07) is 2.12. The van der Waals surface area contributed by atoms with E-state index in [0.29, 0.717) is 5.92 Å². The number of H-pyrrole nitrogens is 1. The Morgan fingerprint density at radius 3 is 3.40 bits per heavy atom. The first-order chi connectivity index (χ1) is 4.86. The van der Waals surface area contributed by atoms with E-state index in [2.05, 4.69) is 30.1 Å². The maximum atomic E-state index is 3.24. The first kappa shape index (κ1) is 5.78. The molecule has 0 saturated carbocycles. The largest absolute Gasteiger partial charge is 0.364 e. The van der Waals surface area contributed by atoms with Crippen molar-refractivity contribution in [3.8, 4) is 0 Å². The van der Waals surface area contributed by atoms with Crippen LogP contribution in [0.1, 0.15) is 18.2 Å². The Morgan fingerprint density at radius 1 is 1.60 bits per heavy atom. The molecular weight excluding hydrogens is 122 g/mol. The van der Waals surface area contributed by atoms with E-state index in [4.69, 9.17) is 0 Å². The van der Waals surface area contributed by atoms with Gasteiger partial charge < -0.3 is 4.98 Å². The Morgan fingerprint density at radius 2 is 2.50 bits per heavy atom. The summed E-state index contributed by atoms with van der Waals surface area (Å²) in [7, 11) is 0. The zero-order chi connectivity index (χ0) is 6.97. The summed E-state index contributed by atoms with van der Waals surface area (Å²) in [4.78, 5) is 3.24.